The maximum atomic E-state index is 11.1. The quantitative estimate of drug-likeness (QED) is 0.757. The molecule has 0 aliphatic heterocycles. The number of aromatic nitrogens is 2. The van der Waals surface area contributed by atoms with E-state index in [1.165, 1.54) is 0 Å². The molecule has 0 unspecified atom stereocenters. The SMILES string of the molecule is O=C(O)Cc1nn(-c2ccc(Cl)cc2)cc1-c1ccc(Cl)cc1. The Morgan fingerprint density at radius 2 is 1.57 bits per heavy atom. The van der Waals surface area contributed by atoms with Crippen molar-refractivity contribution < 1.29 is 9.90 Å². The molecule has 4 nitrogen and oxygen atoms in total. The van der Waals surface area contributed by atoms with Gasteiger partial charge in [0.2, 0.25) is 0 Å². The second kappa shape index (κ2) is 6.44. The van der Waals surface area contributed by atoms with Gasteiger partial charge in [0.25, 0.3) is 0 Å². The lowest BCUT2D eigenvalue weighted by Gasteiger charge is -2.00. The van der Waals surface area contributed by atoms with Gasteiger partial charge in [0, 0.05) is 21.8 Å². The van der Waals surface area contributed by atoms with Gasteiger partial charge in [-0.2, -0.15) is 5.10 Å². The Kier molecular flexibility index (Phi) is 4.37. The van der Waals surface area contributed by atoms with E-state index in [0.29, 0.717) is 15.7 Å². The summed E-state index contributed by atoms with van der Waals surface area (Å²) in [4.78, 5) is 11.1. The van der Waals surface area contributed by atoms with Gasteiger partial charge in [-0.05, 0) is 42.0 Å². The molecule has 0 amide bonds. The number of aliphatic carboxylic acids is 1. The number of rotatable bonds is 4. The first-order valence-electron chi connectivity index (χ1n) is 6.85. The maximum absolute atomic E-state index is 11.1. The molecule has 0 aliphatic rings. The molecular weight excluding hydrogens is 335 g/mol. The Morgan fingerprint density at radius 1 is 1.00 bits per heavy atom. The van der Waals surface area contributed by atoms with E-state index in [9.17, 15) is 4.79 Å². The number of nitrogens with zero attached hydrogens (tertiary/aromatic N) is 2. The van der Waals surface area contributed by atoms with Gasteiger partial charge in [-0.25, -0.2) is 4.68 Å². The van der Waals surface area contributed by atoms with Gasteiger partial charge < -0.3 is 5.11 Å². The third-order valence-corrected chi connectivity index (χ3v) is 3.86. The third kappa shape index (κ3) is 3.55. The molecule has 1 aromatic heterocycles. The fourth-order valence-corrected chi connectivity index (χ4v) is 2.53. The van der Waals surface area contributed by atoms with Crippen molar-refractivity contribution >= 4 is 29.2 Å². The van der Waals surface area contributed by atoms with E-state index in [0.717, 1.165) is 16.8 Å². The molecule has 1 N–H and O–H groups in total. The average Bonchev–Trinajstić information content (AvgIpc) is 2.92. The van der Waals surface area contributed by atoms with Gasteiger partial charge in [-0.1, -0.05) is 35.3 Å². The van der Waals surface area contributed by atoms with Crippen molar-refractivity contribution in [1.82, 2.24) is 9.78 Å². The zero-order valence-electron chi connectivity index (χ0n) is 11.9. The first-order valence-corrected chi connectivity index (χ1v) is 7.61. The fraction of sp³-hybridized carbons (Fsp3) is 0.0588. The van der Waals surface area contributed by atoms with Crippen LogP contribution in [0.3, 0.4) is 0 Å². The van der Waals surface area contributed by atoms with E-state index >= 15 is 0 Å². The number of carboxylic acid groups (broad SMARTS) is 1. The first kappa shape index (κ1) is 15.6. The minimum Gasteiger partial charge on any atom is -0.481 e. The van der Waals surface area contributed by atoms with E-state index in [4.69, 9.17) is 28.3 Å². The van der Waals surface area contributed by atoms with Crippen LogP contribution in [0.4, 0.5) is 0 Å². The van der Waals surface area contributed by atoms with Crippen LogP contribution in [0.15, 0.2) is 54.7 Å². The highest BCUT2D eigenvalue weighted by Gasteiger charge is 2.15. The van der Waals surface area contributed by atoms with Crippen LogP contribution in [-0.2, 0) is 11.2 Å². The normalized spacial score (nSPS) is 10.7. The summed E-state index contributed by atoms with van der Waals surface area (Å²) in [7, 11) is 0. The second-order valence-electron chi connectivity index (χ2n) is 4.99. The zero-order valence-corrected chi connectivity index (χ0v) is 13.4. The van der Waals surface area contributed by atoms with Crippen LogP contribution in [0.2, 0.25) is 10.0 Å². The van der Waals surface area contributed by atoms with Crippen LogP contribution < -0.4 is 0 Å². The number of hydrogen-bond donors (Lipinski definition) is 1. The smallest absolute Gasteiger partial charge is 0.309 e. The molecule has 0 atom stereocenters. The predicted molar refractivity (Wildman–Crippen MR) is 90.4 cm³/mol. The lowest BCUT2D eigenvalue weighted by molar-refractivity contribution is -0.136. The number of hydrogen-bond acceptors (Lipinski definition) is 2. The largest absolute Gasteiger partial charge is 0.481 e. The van der Waals surface area contributed by atoms with Crippen molar-refractivity contribution in [3.8, 4) is 16.8 Å². The Labute approximate surface area is 142 Å². The molecule has 1 heterocycles. The number of carboxylic acids is 1. The molecule has 0 saturated carbocycles. The number of carbonyl (C=O) groups is 1. The van der Waals surface area contributed by atoms with Crippen molar-refractivity contribution in [1.29, 1.82) is 0 Å². The van der Waals surface area contributed by atoms with E-state index in [1.54, 1.807) is 28.9 Å². The summed E-state index contributed by atoms with van der Waals surface area (Å²) in [6, 6.07) is 14.4. The summed E-state index contributed by atoms with van der Waals surface area (Å²) in [5.74, 6) is -0.929. The zero-order chi connectivity index (χ0) is 16.4. The van der Waals surface area contributed by atoms with Crippen LogP contribution in [-0.4, -0.2) is 20.9 Å². The van der Waals surface area contributed by atoms with Crippen molar-refractivity contribution in [2.45, 2.75) is 6.42 Å². The molecule has 3 aromatic rings. The topological polar surface area (TPSA) is 55.1 Å². The minimum absolute atomic E-state index is 0.154. The molecule has 0 radical (unpaired) electrons. The van der Waals surface area contributed by atoms with Gasteiger partial charge in [0.1, 0.15) is 0 Å². The molecule has 0 aliphatic carbocycles. The second-order valence-corrected chi connectivity index (χ2v) is 5.86. The molecule has 6 heteroatoms. The lowest BCUT2D eigenvalue weighted by Crippen LogP contribution is -2.03. The van der Waals surface area contributed by atoms with Crippen LogP contribution in [0.25, 0.3) is 16.8 Å². The summed E-state index contributed by atoms with van der Waals surface area (Å²) >= 11 is 11.8. The van der Waals surface area contributed by atoms with Gasteiger partial charge in [-0.15, -0.1) is 0 Å². The monoisotopic (exact) mass is 346 g/mol. The highest BCUT2D eigenvalue weighted by atomic mass is 35.5. The van der Waals surface area contributed by atoms with E-state index < -0.39 is 5.97 Å². The average molecular weight is 347 g/mol. The first-order chi connectivity index (χ1) is 11.0. The summed E-state index contributed by atoms with van der Waals surface area (Å²) < 4.78 is 1.65. The van der Waals surface area contributed by atoms with Gasteiger partial charge >= 0.3 is 5.97 Å². The molecular formula is C17H12Cl2N2O2. The van der Waals surface area contributed by atoms with Crippen LogP contribution in [0.1, 0.15) is 5.69 Å². The fourth-order valence-electron chi connectivity index (χ4n) is 2.28. The molecule has 0 spiro atoms. The minimum atomic E-state index is -0.929. The lowest BCUT2D eigenvalue weighted by atomic mass is 10.1. The standard InChI is InChI=1S/C17H12Cl2N2O2/c18-12-3-1-11(2-4-12)15-10-21(20-16(15)9-17(22)23)14-7-5-13(19)6-8-14/h1-8,10H,9H2,(H,22,23). The van der Waals surface area contributed by atoms with Crippen molar-refractivity contribution in [2.75, 3.05) is 0 Å². The maximum Gasteiger partial charge on any atom is 0.309 e. The molecule has 23 heavy (non-hydrogen) atoms. The summed E-state index contributed by atoms with van der Waals surface area (Å²) in [5, 5.41) is 14.8. The van der Waals surface area contributed by atoms with Crippen LogP contribution in [0.5, 0.6) is 0 Å². The Bertz CT molecular complexity index is 840. The van der Waals surface area contributed by atoms with Gasteiger partial charge in [0.05, 0.1) is 17.8 Å². The van der Waals surface area contributed by atoms with E-state index in [2.05, 4.69) is 5.10 Å². The Hall–Kier alpha value is -2.30. The summed E-state index contributed by atoms with van der Waals surface area (Å²) in [6.45, 7) is 0. The van der Waals surface area contributed by atoms with Gasteiger partial charge in [-0.3, -0.25) is 4.79 Å². The predicted octanol–water partition coefficient (Wildman–Crippen LogP) is 4.47. The number of benzene rings is 2. The van der Waals surface area contributed by atoms with Crippen molar-refractivity contribution in [3.63, 3.8) is 0 Å². The molecule has 2 aromatic carbocycles. The summed E-state index contributed by atoms with van der Waals surface area (Å²) in [6.07, 6.45) is 1.66. The third-order valence-electron chi connectivity index (χ3n) is 3.36. The van der Waals surface area contributed by atoms with Crippen LogP contribution in [0, 0.1) is 0 Å². The highest BCUT2D eigenvalue weighted by Crippen LogP contribution is 2.26. The van der Waals surface area contributed by atoms with Crippen molar-refractivity contribution in [3.05, 3.63) is 70.5 Å². The number of halogens is 2. The van der Waals surface area contributed by atoms with Crippen molar-refractivity contribution in [2.24, 2.45) is 0 Å². The molecule has 0 fully saturated rings. The van der Waals surface area contributed by atoms with E-state index in [1.807, 2.05) is 30.5 Å². The molecule has 0 saturated heterocycles. The molecule has 3 rings (SSSR count). The molecule has 116 valence electrons. The van der Waals surface area contributed by atoms with Gasteiger partial charge in [0.15, 0.2) is 0 Å². The highest BCUT2D eigenvalue weighted by molar-refractivity contribution is 6.30. The molecule has 0 bridgehead atoms. The van der Waals surface area contributed by atoms with Crippen LogP contribution >= 0.6 is 23.2 Å². The summed E-state index contributed by atoms with van der Waals surface area (Å²) in [5.41, 5.74) is 2.93. The Balaban J connectivity index is 2.08. The van der Waals surface area contributed by atoms with E-state index in [-0.39, 0.29) is 6.42 Å². The Morgan fingerprint density at radius 3 is 2.13 bits per heavy atom.